The minimum Gasteiger partial charge on any atom is -0.247 e. The summed E-state index contributed by atoms with van der Waals surface area (Å²) in [4.78, 5) is 4.28. The first-order valence-electron chi connectivity index (χ1n) is 4.80. The second-order valence-corrected chi connectivity index (χ2v) is 7.15. The summed E-state index contributed by atoms with van der Waals surface area (Å²) in [5, 5.41) is 5.29. The van der Waals surface area contributed by atoms with Crippen LogP contribution in [0, 0.1) is 0 Å². The van der Waals surface area contributed by atoms with Crippen LogP contribution >= 0.6 is 11.8 Å². The fourth-order valence-corrected chi connectivity index (χ4v) is 1.67. The van der Waals surface area contributed by atoms with E-state index in [-0.39, 0.29) is 10.3 Å². The molecule has 0 N–H and O–H groups in total. The molecule has 0 radical (unpaired) electrons. The van der Waals surface area contributed by atoms with Gasteiger partial charge in [0.25, 0.3) is 0 Å². The van der Waals surface area contributed by atoms with Crippen LogP contribution in [0.1, 0.15) is 41.5 Å². The van der Waals surface area contributed by atoms with Gasteiger partial charge in [0, 0.05) is 4.75 Å². The maximum Gasteiger partial charge on any atom is 0.208 e. The average molecular weight is 213 g/mol. The molecule has 0 aliphatic carbocycles. The molecule has 80 valence electrons. The molecule has 0 atom stereocenters. The summed E-state index contributed by atoms with van der Waals surface area (Å²) in [5.41, 5.74) is 0.0176. The third-order valence-corrected chi connectivity index (χ3v) is 2.54. The number of hydrogen-bond acceptors (Lipinski definition) is 3. The quantitative estimate of drug-likeness (QED) is 0.672. The zero-order valence-electron chi connectivity index (χ0n) is 9.83. The van der Waals surface area contributed by atoms with Crippen LogP contribution in [0.2, 0.25) is 0 Å². The van der Waals surface area contributed by atoms with E-state index < -0.39 is 0 Å². The van der Waals surface area contributed by atoms with Crippen molar-refractivity contribution in [1.82, 2.24) is 14.8 Å². The summed E-state index contributed by atoms with van der Waals surface area (Å²) >= 11 is 1.69. The Hall–Kier alpha value is -0.510. The Morgan fingerprint density at radius 2 is 1.71 bits per heavy atom. The second-order valence-electron chi connectivity index (χ2n) is 5.36. The molecule has 1 heterocycles. The highest BCUT2D eigenvalue weighted by atomic mass is 32.2. The molecule has 0 fully saturated rings. The van der Waals surface area contributed by atoms with Gasteiger partial charge >= 0.3 is 0 Å². The van der Waals surface area contributed by atoms with Gasteiger partial charge in [0.1, 0.15) is 6.33 Å². The molecule has 0 saturated carbocycles. The third-order valence-electron chi connectivity index (χ3n) is 1.56. The van der Waals surface area contributed by atoms with E-state index in [2.05, 4.69) is 51.6 Å². The van der Waals surface area contributed by atoms with Crippen LogP contribution in [0.4, 0.5) is 0 Å². The number of nitrogens with zero attached hydrogens (tertiary/aromatic N) is 3. The van der Waals surface area contributed by atoms with Crippen molar-refractivity contribution in [2.24, 2.45) is 0 Å². The van der Waals surface area contributed by atoms with Gasteiger partial charge in [-0.05, 0) is 20.8 Å². The van der Waals surface area contributed by atoms with Crippen LogP contribution in [-0.4, -0.2) is 19.5 Å². The van der Waals surface area contributed by atoms with E-state index >= 15 is 0 Å². The Bertz CT molecular complexity index is 304. The van der Waals surface area contributed by atoms with Gasteiger partial charge in [0.05, 0.1) is 5.54 Å². The second kappa shape index (κ2) is 3.57. The molecule has 0 aliphatic heterocycles. The highest BCUT2D eigenvalue weighted by Crippen LogP contribution is 2.29. The first kappa shape index (κ1) is 11.6. The molecule has 0 bridgehead atoms. The molecule has 0 amide bonds. The molecule has 1 rings (SSSR count). The molecule has 0 spiro atoms. The predicted octanol–water partition coefficient (Wildman–Crippen LogP) is 2.92. The summed E-state index contributed by atoms with van der Waals surface area (Å²) in [5.74, 6) is 0. The first-order chi connectivity index (χ1) is 6.18. The van der Waals surface area contributed by atoms with Crippen molar-refractivity contribution in [2.75, 3.05) is 0 Å². The van der Waals surface area contributed by atoms with E-state index in [9.17, 15) is 0 Å². The van der Waals surface area contributed by atoms with E-state index in [1.54, 1.807) is 18.1 Å². The zero-order valence-corrected chi connectivity index (χ0v) is 10.6. The van der Waals surface area contributed by atoms with Gasteiger partial charge in [0.2, 0.25) is 5.16 Å². The Kier molecular flexibility index (Phi) is 2.95. The average Bonchev–Trinajstić information content (AvgIpc) is 2.29. The Labute approximate surface area is 90.3 Å². The van der Waals surface area contributed by atoms with E-state index in [0.717, 1.165) is 5.16 Å². The summed E-state index contributed by atoms with van der Waals surface area (Å²) in [6.07, 6.45) is 1.80. The molecule has 3 nitrogen and oxygen atoms in total. The molecule has 14 heavy (non-hydrogen) atoms. The normalized spacial score (nSPS) is 13.3. The van der Waals surface area contributed by atoms with Crippen molar-refractivity contribution in [3.63, 3.8) is 0 Å². The maximum atomic E-state index is 4.44. The van der Waals surface area contributed by atoms with Crippen LogP contribution in [0.3, 0.4) is 0 Å². The lowest BCUT2D eigenvalue weighted by atomic mass is 10.1. The van der Waals surface area contributed by atoms with Gasteiger partial charge in [-0.3, -0.25) is 0 Å². The van der Waals surface area contributed by atoms with Crippen molar-refractivity contribution in [3.8, 4) is 0 Å². The fraction of sp³-hybridized carbons (Fsp3) is 0.800. The van der Waals surface area contributed by atoms with Crippen LogP contribution in [-0.2, 0) is 5.54 Å². The van der Waals surface area contributed by atoms with Crippen LogP contribution in [0.15, 0.2) is 11.5 Å². The SMILES string of the molecule is CC(C)(C)Sc1ncn(C(C)(C)C)n1. The Morgan fingerprint density at radius 1 is 1.14 bits per heavy atom. The Morgan fingerprint density at radius 3 is 2.07 bits per heavy atom. The van der Waals surface area contributed by atoms with Gasteiger partial charge in [-0.15, -0.1) is 5.10 Å². The minimum atomic E-state index is 0.0176. The summed E-state index contributed by atoms with van der Waals surface area (Å²) in [6.45, 7) is 12.8. The number of hydrogen-bond donors (Lipinski definition) is 0. The van der Waals surface area contributed by atoms with Gasteiger partial charge in [-0.25, -0.2) is 9.67 Å². The largest absolute Gasteiger partial charge is 0.247 e. The monoisotopic (exact) mass is 213 g/mol. The van der Waals surface area contributed by atoms with Crippen LogP contribution < -0.4 is 0 Å². The Balaban J connectivity index is 2.79. The molecular formula is C10H19N3S. The highest BCUT2D eigenvalue weighted by Gasteiger charge is 2.18. The lowest BCUT2D eigenvalue weighted by Gasteiger charge is -2.18. The van der Waals surface area contributed by atoms with E-state index in [0.29, 0.717) is 0 Å². The molecule has 0 unspecified atom stereocenters. The summed E-state index contributed by atoms with van der Waals surface area (Å²) < 4.78 is 2.07. The molecule has 1 aromatic rings. The van der Waals surface area contributed by atoms with Gasteiger partial charge < -0.3 is 0 Å². The van der Waals surface area contributed by atoms with E-state index in [1.165, 1.54) is 0 Å². The molecule has 4 heteroatoms. The molecule has 0 aliphatic rings. The smallest absolute Gasteiger partial charge is 0.208 e. The molecule has 0 aromatic carbocycles. The zero-order chi connectivity index (χ0) is 11.0. The van der Waals surface area contributed by atoms with Crippen molar-refractivity contribution >= 4 is 11.8 Å². The molecule has 1 aromatic heterocycles. The highest BCUT2D eigenvalue weighted by molar-refractivity contribution is 8.00. The van der Waals surface area contributed by atoms with Crippen LogP contribution in [0.25, 0.3) is 0 Å². The minimum absolute atomic E-state index is 0.0176. The van der Waals surface area contributed by atoms with Crippen LogP contribution in [0.5, 0.6) is 0 Å². The number of aromatic nitrogens is 3. The van der Waals surface area contributed by atoms with Crippen molar-refractivity contribution in [2.45, 2.75) is 57.0 Å². The number of thioether (sulfide) groups is 1. The van der Waals surface area contributed by atoms with Crippen molar-refractivity contribution in [3.05, 3.63) is 6.33 Å². The van der Waals surface area contributed by atoms with E-state index in [1.807, 2.05) is 4.68 Å². The number of rotatable bonds is 1. The predicted molar refractivity (Wildman–Crippen MR) is 60.6 cm³/mol. The van der Waals surface area contributed by atoms with Gasteiger partial charge in [-0.1, -0.05) is 32.5 Å². The fourth-order valence-electron chi connectivity index (χ4n) is 0.892. The topological polar surface area (TPSA) is 30.7 Å². The van der Waals surface area contributed by atoms with Crippen molar-refractivity contribution in [1.29, 1.82) is 0 Å². The van der Waals surface area contributed by atoms with Gasteiger partial charge in [-0.2, -0.15) is 0 Å². The molecular weight excluding hydrogens is 194 g/mol. The summed E-state index contributed by atoms with van der Waals surface area (Å²) in [7, 11) is 0. The first-order valence-corrected chi connectivity index (χ1v) is 5.61. The third kappa shape index (κ3) is 3.33. The van der Waals surface area contributed by atoms with Gasteiger partial charge in [0.15, 0.2) is 0 Å². The standard InChI is InChI=1S/C10H19N3S/c1-9(2,3)13-7-11-8(12-13)14-10(4,5)6/h7H,1-6H3. The van der Waals surface area contributed by atoms with E-state index in [4.69, 9.17) is 0 Å². The van der Waals surface area contributed by atoms with Crippen molar-refractivity contribution < 1.29 is 0 Å². The molecule has 0 saturated heterocycles. The maximum absolute atomic E-state index is 4.44. The summed E-state index contributed by atoms with van der Waals surface area (Å²) in [6, 6.07) is 0. The lowest BCUT2D eigenvalue weighted by molar-refractivity contribution is 0.350. The lowest BCUT2D eigenvalue weighted by Crippen LogP contribution is -2.22.